The van der Waals surface area contributed by atoms with E-state index in [4.69, 9.17) is 5.73 Å². The van der Waals surface area contributed by atoms with E-state index in [1.54, 1.807) is 0 Å². The van der Waals surface area contributed by atoms with Crippen molar-refractivity contribution in [2.75, 3.05) is 0 Å². The molecule has 0 spiro atoms. The van der Waals surface area contributed by atoms with Crippen LogP contribution in [0.4, 0.5) is 0 Å². The molecule has 0 aliphatic carbocycles. The van der Waals surface area contributed by atoms with Gasteiger partial charge in [0.1, 0.15) is 5.82 Å². The van der Waals surface area contributed by atoms with Crippen LogP contribution < -0.4 is 5.73 Å². The number of hydrogen-bond acceptors (Lipinski definition) is 4. The molecule has 0 saturated heterocycles. The summed E-state index contributed by atoms with van der Waals surface area (Å²) in [6, 6.07) is 9.96. The lowest BCUT2D eigenvalue weighted by Crippen LogP contribution is -2.00. The van der Waals surface area contributed by atoms with E-state index in [0.717, 1.165) is 34.1 Å². The van der Waals surface area contributed by atoms with Gasteiger partial charge in [-0.2, -0.15) is 0 Å². The van der Waals surface area contributed by atoms with Crippen LogP contribution in [0.5, 0.6) is 0 Å². The quantitative estimate of drug-likeness (QED) is 0.757. The van der Waals surface area contributed by atoms with E-state index in [0.29, 0.717) is 6.54 Å². The lowest BCUT2D eigenvalue weighted by Gasteiger charge is -2.05. The van der Waals surface area contributed by atoms with Gasteiger partial charge >= 0.3 is 0 Å². The predicted molar refractivity (Wildman–Crippen MR) is 73.6 cm³/mol. The zero-order chi connectivity index (χ0) is 13.4. The van der Waals surface area contributed by atoms with Crippen LogP contribution in [-0.2, 0) is 6.54 Å². The Balaban J connectivity index is 2.25. The first-order valence-electron chi connectivity index (χ1n) is 6.18. The maximum absolute atomic E-state index is 5.68. The largest absolute Gasteiger partial charge is 0.326 e. The first-order valence-corrected chi connectivity index (χ1v) is 6.18. The molecule has 1 aromatic carbocycles. The van der Waals surface area contributed by atoms with Gasteiger partial charge in [0, 0.05) is 23.9 Å². The monoisotopic (exact) mass is 253 g/mol. The Hall–Kier alpha value is -2.27. The Morgan fingerprint density at radius 3 is 2.79 bits per heavy atom. The van der Waals surface area contributed by atoms with Crippen molar-refractivity contribution in [3.63, 3.8) is 0 Å². The van der Waals surface area contributed by atoms with Crippen LogP contribution in [0.1, 0.15) is 17.1 Å². The molecule has 19 heavy (non-hydrogen) atoms. The lowest BCUT2D eigenvalue weighted by molar-refractivity contribution is 0.961. The molecule has 0 saturated carbocycles. The van der Waals surface area contributed by atoms with Gasteiger partial charge in [-0.25, -0.2) is 4.98 Å². The highest BCUT2D eigenvalue weighted by molar-refractivity contribution is 5.60. The fraction of sp³-hybridized carbons (Fsp3) is 0.214. The van der Waals surface area contributed by atoms with E-state index in [-0.39, 0.29) is 0 Å². The first kappa shape index (κ1) is 11.8. The second-order valence-electron chi connectivity index (χ2n) is 4.57. The van der Waals surface area contributed by atoms with Gasteiger partial charge in [-0.15, -0.1) is 10.2 Å². The number of nitrogens with zero attached hydrogens (tertiary/aromatic N) is 4. The highest BCUT2D eigenvalue weighted by Gasteiger charge is 2.11. The molecule has 2 N–H and O–H groups in total. The van der Waals surface area contributed by atoms with Crippen LogP contribution in [0.25, 0.3) is 17.0 Å². The van der Waals surface area contributed by atoms with Crippen LogP contribution in [0.15, 0.2) is 30.3 Å². The second kappa shape index (κ2) is 4.44. The molecule has 5 heteroatoms. The smallest absolute Gasteiger partial charge is 0.169 e. The normalized spacial score (nSPS) is 11.1. The fourth-order valence-corrected chi connectivity index (χ4v) is 2.26. The summed E-state index contributed by atoms with van der Waals surface area (Å²) in [6.07, 6.45) is 0. The molecule has 0 bridgehead atoms. The maximum Gasteiger partial charge on any atom is 0.169 e. The number of hydrogen-bond donors (Lipinski definition) is 1. The van der Waals surface area contributed by atoms with E-state index in [9.17, 15) is 0 Å². The minimum absolute atomic E-state index is 0.515. The Kier molecular flexibility index (Phi) is 2.76. The van der Waals surface area contributed by atoms with Gasteiger partial charge in [-0.05, 0) is 25.5 Å². The van der Waals surface area contributed by atoms with E-state index in [1.807, 2.05) is 48.6 Å². The highest BCUT2D eigenvalue weighted by Crippen LogP contribution is 2.20. The van der Waals surface area contributed by atoms with Crippen LogP contribution in [0.2, 0.25) is 0 Å². The van der Waals surface area contributed by atoms with Crippen molar-refractivity contribution in [3.8, 4) is 11.4 Å². The third-order valence-electron chi connectivity index (χ3n) is 3.11. The summed E-state index contributed by atoms with van der Waals surface area (Å²) >= 11 is 0. The zero-order valence-corrected chi connectivity index (χ0v) is 11.0. The number of aryl methyl sites for hydroxylation is 2. The minimum Gasteiger partial charge on any atom is -0.326 e. The Morgan fingerprint density at radius 1 is 1.16 bits per heavy atom. The molecular weight excluding hydrogens is 238 g/mol. The van der Waals surface area contributed by atoms with Gasteiger partial charge in [0.15, 0.2) is 11.5 Å². The molecule has 5 nitrogen and oxygen atoms in total. The number of benzene rings is 1. The SMILES string of the molecule is Cc1cc2nnc(-c3cccc(CN)c3)n2c(C)n1. The van der Waals surface area contributed by atoms with E-state index in [1.165, 1.54) is 0 Å². The summed E-state index contributed by atoms with van der Waals surface area (Å²) in [5, 5.41) is 8.49. The van der Waals surface area contributed by atoms with Crippen molar-refractivity contribution in [2.45, 2.75) is 20.4 Å². The fourth-order valence-electron chi connectivity index (χ4n) is 2.26. The summed E-state index contributed by atoms with van der Waals surface area (Å²) in [7, 11) is 0. The van der Waals surface area contributed by atoms with Crippen molar-refractivity contribution >= 4 is 5.65 Å². The molecule has 2 aromatic heterocycles. The van der Waals surface area contributed by atoms with Crippen LogP contribution in [0, 0.1) is 13.8 Å². The molecule has 3 rings (SSSR count). The summed E-state index contributed by atoms with van der Waals surface area (Å²) < 4.78 is 1.96. The van der Waals surface area contributed by atoms with Gasteiger partial charge in [0.05, 0.1) is 0 Å². The van der Waals surface area contributed by atoms with Gasteiger partial charge in [-0.1, -0.05) is 18.2 Å². The average molecular weight is 253 g/mol. The van der Waals surface area contributed by atoms with Gasteiger partial charge in [-0.3, -0.25) is 4.40 Å². The summed E-state index contributed by atoms with van der Waals surface area (Å²) in [5.74, 6) is 1.68. The maximum atomic E-state index is 5.68. The zero-order valence-electron chi connectivity index (χ0n) is 11.0. The highest BCUT2D eigenvalue weighted by atomic mass is 15.3. The molecule has 0 radical (unpaired) electrons. The number of fused-ring (bicyclic) bond motifs is 1. The Bertz CT molecular complexity index is 745. The third-order valence-corrected chi connectivity index (χ3v) is 3.11. The Morgan fingerprint density at radius 2 is 2.00 bits per heavy atom. The van der Waals surface area contributed by atoms with Gasteiger partial charge in [0.25, 0.3) is 0 Å². The molecule has 0 atom stereocenters. The van der Waals surface area contributed by atoms with Crippen molar-refractivity contribution < 1.29 is 0 Å². The van der Waals surface area contributed by atoms with Crippen molar-refractivity contribution in [1.29, 1.82) is 0 Å². The standard InChI is InChI=1S/C14H15N5/c1-9-6-13-17-18-14(19(13)10(2)16-9)12-5-3-4-11(7-12)8-15/h3-7H,8,15H2,1-2H3. The van der Waals surface area contributed by atoms with Crippen LogP contribution in [0.3, 0.4) is 0 Å². The molecule has 0 amide bonds. The third kappa shape index (κ3) is 1.98. The summed E-state index contributed by atoms with van der Waals surface area (Å²) in [6.45, 7) is 4.43. The van der Waals surface area contributed by atoms with Crippen LogP contribution >= 0.6 is 0 Å². The van der Waals surface area contributed by atoms with Gasteiger partial charge in [0.2, 0.25) is 0 Å². The molecule has 0 unspecified atom stereocenters. The first-order chi connectivity index (χ1) is 9.19. The number of rotatable bonds is 2. The number of nitrogens with two attached hydrogens (primary N) is 1. The molecule has 0 fully saturated rings. The molecule has 96 valence electrons. The van der Waals surface area contributed by atoms with Crippen LogP contribution in [-0.4, -0.2) is 19.6 Å². The molecule has 3 aromatic rings. The topological polar surface area (TPSA) is 69.1 Å². The van der Waals surface area contributed by atoms with Crippen molar-refractivity contribution in [3.05, 3.63) is 47.4 Å². The van der Waals surface area contributed by atoms with Crippen molar-refractivity contribution in [1.82, 2.24) is 19.6 Å². The second-order valence-corrected chi connectivity index (χ2v) is 4.57. The molecule has 2 heterocycles. The predicted octanol–water partition coefficient (Wildman–Crippen LogP) is 1.87. The van der Waals surface area contributed by atoms with E-state index >= 15 is 0 Å². The molecule has 0 aliphatic heterocycles. The van der Waals surface area contributed by atoms with E-state index < -0.39 is 0 Å². The van der Waals surface area contributed by atoms with Crippen molar-refractivity contribution in [2.24, 2.45) is 5.73 Å². The lowest BCUT2D eigenvalue weighted by atomic mass is 10.1. The molecule has 0 aliphatic rings. The summed E-state index contributed by atoms with van der Waals surface area (Å²) in [4.78, 5) is 4.46. The van der Waals surface area contributed by atoms with E-state index in [2.05, 4.69) is 15.2 Å². The Labute approximate surface area is 111 Å². The minimum atomic E-state index is 0.515. The average Bonchev–Trinajstić information content (AvgIpc) is 2.82. The summed E-state index contributed by atoms with van der Waals surface area (Å²) in [5.41, 5.74) is 9.52. The van der Waals surface area contributed by atoms with Gasteiger partial charge < -0.3 is 5.73 Å². The molecular formula is C14H15N5. The number of aromatic nitrogens is 4.